The van der Waals surface area contributed by atoms with Crippen LogP contribution in [0.1, 0.15) is 13.8 Å². The van der Waals surface area contributed by atoms with Crippen molar-refractivity contribution in [2.45, 2.75) is 24.3 Å². The van der Waals surface area contributed by atoms with Gasteiger partial charge in [0.2, 0.25) is 0 Å². The number of nitrogens with zero attached hydrogens (tertiary/aromatic N) is 1. The average molecular weight is 271 g/mol. The van der Waals surface area contributed by atoms with E-state index < -0.39 is 18.4 Å². The Kier molecular flexibility index (Phi) is 3.75. The summed E-state index contributed by atoms with van der Waals surface area (Å²) in [5.74, 6) is 0. The molecule has 0 fully saturated rings. The van der Waals surface area contributed by atoms with Gasteiger partial charge in [0, 0.05) is 0 Å². The third kappa shape index (κ3) is 2.51. The molecule has 0 aliphatic rings. The van der Waals surface area contributed by atoms with Crippen LogP contribution in [-0.2, 0) is 3.74 Å². The van der Waals surface area contributed by atoms with Gasteiger partial charge in [0.1, 0.15) is 0 Å². The van der Waals surface area contributed by atoms with Crippen LogP contribution in [0.4, 0.5) is 5.69 Å². The van der Waals surface area contributed by atoms with Gasteiger partial charge < -0.3 is 0 Å². The van der Waals surface area contributed by atoms with E-state index in [0.29, 0.717) is 10.4 Å². The van der Waals surface area contributed by atoms with Gasteiger partial charge in [0.05, 0.1) is 0 Å². The molecule has 1 aromatic carbocycles. The number of nitro groups is 1. The monoisotopic (exact) mass is 271 g/mol. The quantitative estimate of drug-likeness (QED) is 0.479. The molecule has 1 rings (SSSR count). The number of hydrogen-bond donors (Lipinski definition) is 0. The summed E-state index contributed by atoms with van der Waals surface area (Å²) in [6.45, 7) is 3.82. The van der Waals surface area contributed by atoms with Crippen LogP contribution in [0.15, 0.2) is 24.3 Å². The van der Waals surface area contributed by atoms with E-state index in [1.54, 1.807) is 12.1 Å². The molecule has 15 heavy (non-hydrogen) atoms. The zero-order chi connectivity index (χ0) is 11.5. The second-order valence-corrected chi connectivity index (χ2v) is 10.8. The molecule has 0 unspecified atom stereocenters. The fourth-order valence-corrected chi connectivity index (χ4v) is 5.36. The molecular formula is C10H14AsNO3. The Hall–Kier alpha value is -1.02. The first kappa shape index (κ1) is 12.0. The standard InChI is InChI=1S/C10H14AsNO3/c1-3-11(13,4-2)9-5-7-10(8-6-9)12(14)15/h5-8H,3-4H2,1-2H3. The van der Waals surface area contributed by atoms with E-state index in [4.69, 9.17) is 0 Å². The van der Waals surface area contributed by atoms with Crippen LogP contribution in [0, 0.1) is 10.1 Å². The Bertz CT molecular complexity index is 392. The fraction of sp³-hybridized carbons (Fsp3) is 0.400. The molecule has 0 radical (unpaired) electrons. The second-order valence-electron chi connectivity index (χ2n) is 3.30. The zero-order valence-corrected chi connectivity index (χ0v) is 10.7. The van der Waals surface area contributed by atoms with Gasteiger partial charge in [-0.05, 0) is 0 Å². The molecule has 0 amide bonds. The van der Waals surface area contributed by atoms with E-state index in [2.05, 4.69) is 0 Å². The van der Waals surface area contributed by atoms with Crippen molar-refractivity contribution in [2.75, 3.05) is 0 Å². The minimum atomic E-state index is -2.96. The third-order valence-corrected chi connectivity index (χ3v) is 9.44. The van der Waals surface area contributed by atoms with Gasteiger partial charge in [-0.3, -0.25) is 0 Å². The molecule has 0 aromatic heterocycles. The zero-order valence-electron chi connectivity index (χ0n) is 8.84. The van der Waals surface area contributed by atoms with Gasteiger partial charge in [0.25, 0.3) is 0 Å². The summed E-state index contributed by atoms with van der Waals surface area (Å²) in [6.07, 6.45) is 0. The predicted octanol–water partition coefficient (Wildman–Crippen LogP) is 2.22. The minimum absolute atomic E-state index is 0.0491. The summed E-state index contributed by atoms with van der Waals surface area (Å²) in [6, 6.07) is 6.11. The van der Waals surface area contributed by atoms with Gasteiger partial charge in [-0.2, -0.15) is 0 Å². The molecule has 0 N–H and O–H groups in total. The Morgan fingerprint density at radius 1 is 1.20 bits per heavy atom. The first-order valence-electron chi connectivity index (χ1n) is 4.86. The summed E-state index contributed by atoms with van der Waals surface area (Å²) >= 11 is -2.96. The van der Waals surface area contributed by atoms with Crippen LogP contribution < -0.4 is 4.35 Å². The first-order chi connectivity index (χ1) is 7.03. The Labute approximate surface area is 91.1 Å². The molecule has 5 heteroatoms. The van der Waals surface area contributed by atoms with Crippen LogP contribution >= 0.6 is 0 Å². The number of non-ortho nitro benzene ring substituents is 1. The van der Waals surface area contributed by atoms with E-state index in [1.165, 1.54) is 12.1 Å². The van der Waals surface area contributed by atoms with Crippen molar-refractivity contribution in [2.24, 2.45) is 0 Å². The van der Waals surface area contributed by atoms with E-state index in [9.17, 15) is 13.9 Å². The van der Waals surface area contributed by atoms with Crippen LogP contribution in [0.25, 0.3) is 0 Å². The third-order valence-electron chi connectivity index (χ3n) is 2.55. The average Bonchev–Trinajstić information content (AvgIpc) is 2.28. The number of nitro benzene ring substituents is 1. The van der Waals surface area contributed by atoms with Gasteiger partial charge >= 0.3 is 90.8 Å². The molecule has 0 bridgehead atoms. The summed E-state index contributed by atoms with van der Waals surface area (Å²) in [7, 11) is 0. The van der Waals surface area contributed by atoms with Crippen molar-refractivity contribution in [1.82, 2.24) is 0 Å². The van der Waals surface area contributed by atoms with E-state index in [1.807, 2.05) is 13.8 Å². The van der Waals surface area contributed by atoms with Crippen molar-refractivity contribution >= 4 is 23.5 Å². The van der Waals surface area contributed by atoms with E-state index >= 15 is 0 Å². The topological polar surface area (TPSA) is 60.2 Å². The van der Waals surface area contributed by atoms with Crippen molar-refractivity contribution < 1.29 is 8.66 Å². The molecule has 4 nitrogen and oxygen atoms in total. The summed E-state index contributed by atoms with van der Waals surface area (Å²) in [5.41, 5.74) is 0.0491. The molecule has 0 heterocycles. The van der Waals surface area contributed by atoms with Crippen molar-refractivity contribution in [3.05, 3.63) is 34.4 Å². The molecule has 0 aliphatic carbocycles. The molecule has 0 saturated carbocycles. The fourth-order valence-electron chi connectivity index (χ4n) is 1.43. The Morgan fingerprint density at radius 3 is 2.00 bits per heavy atom. The number of hydrogen-bond acceptors (Lipinski definition) is 3. The summed E-state index contributed by atoms with van der Waals surface area (Å²) < 4.78 is 13.1. The molecule has 1 aromatic rings. The number of rotatable bonds is 4. The van der Waals surface area contributed by atoms with Crippen LogP contribution in [0.5, 0.6) is 0 Å². The van der Waals surface area contributed by atoms with Crippen molar-refractivity contribution in [1.29, 1.82) is 0 Å². The molecular weight excluding hydrogens is 257 g/mol. The van der Waals surface area contributed by atoms with Crippen LogP contribution in [-0.4, -0.2) is 18.4 Å². The first-order valence-corrected chi connectivity index (χ1v) is 9.22. The normalized spacial score (nSPS) is 11.3. The predicted molar refractivity (Wildman–Crippen MR) is 60.1 cm³/mol. The van der Waals surface area contributed by atoms with Crippen molar-refractivity contribution in [3.8, 4) is 0 Å². The molecule has 0 spiro atoms. The maximum absolute atomic E-state index is 12.3. The molecule has 0 atom stereocenters. The van der Waals surface area contributed by atoms with Crippen LogP contribution in [0.2, 0.25) is 10.4 Å². The summed E-state index contributed by atoms with van der Waals surface area (Å²) in [4.78, 5) is 10.00. The van der Waals surface area contributed by atoms with Gasteiger partial charge in [-0.15, -0.1) is 0 Å². The van der Waals surface area contributed by atoms with Crippen molar-refractivity contribution in [3.63, 3.8) is 0 Å². The molecule has 82 valence electrons. The van der Waals surface area contributed by atoms with Crippen LogP contribution in [0.3, 0.4) is 0 Å². The molecule has 0 aliphatic heterocycles. The summed E-state index contributed by atoms with van der Waals surface area (Å²) in [5, 5.41) is 11.8. The van der Waals surface area contributed by atoms with E-state index in [0.717, 1.165) is 4.35 Å². The van der Waals surface area contributed by atoms with Gasteiger partial charge in [-0.25, -0.2) is 0 Å². The Morgan fingerprint density at radius 2 is 1.67 bits per heavy atom. The van der Waals surface area contributed by atoms with Gasteiger partial charge in [0.15, 0.2) is 0 Å². The maximum atomic E-state index is 12.3. The van der Waals surface area contributed by atoms with E-state index in [-0.39, 0.29) is 5.69 Å². The second kappa shape index (κ2) is 4.67. The SMILES string of the molecule is CC[As](=O)(CC)c1ccc([N+](=O)[O-])cc1. The Balaban J connectivity index is 3.08. The van der Waals surface area contributed by atoms with Gasteiger partial charge in [-0.1, -0.05) is 0 Å². The molecule has 0 saturated heterocycles. The number of benzene rings is 1.